The predicted molar refractivity (Wildman–Crippen MR) is 74.4 cm³/mol. The summed E-state index contributed by atoms with van der Waals surface area (Å²) in [5, 5.41) is 9.97. The highest BCUT2D eigenvalue weighted by Gasteiger charge is 2.15. The van der Waals surface area contributed by atoms with Gasteiger partial charge in [-0.3, -0.25) is 13.9 Å². The molecule has 20 heavy (non-hydrogen) atoms. The number of benzene rings is 1. The van der Waals surface area contributed by atoms with Crippen LogP contribution in [0.3, 0.4) is 0 Å². The van der Waals surface area contributed by atoms with E-state index in [1.807, 2.05) is 12.1 Å². The lowest BCUT2D eigenvalue weighted by molar-refractivity contribution is 0.404. The van der Waals surface area contributed by atoms with Gasteiger partial charge in [0.25, 0.3) is 5.56 Å². The largest absolute Gasteiger partial charge is 0.497 e. The zero-order chi connectivity index (χ0) is 14.9. The van der Waals surface area contributed by atoms with Crippen molar-refractivity contribution in [3.63, 3.8) is 0 Å². The second kappa shape index (κ2) is 5.24. The van der Waals surface area contributed by atoms with Crippen LogP contribution >= 0.6 is 0 Å². The summed E-state index contributed by atoms with van der Waals surface area (Å²) in [5.74, 6) is 0.417. The molecule has 0 spiro atoms. The smallest absolute Gasteiger partial charge is 0.333 e. The molecule has 1 aromatic heterocycles. The molecule has 6 nitrogen and oxygen atoms in total. The number of aromatic hydroxyl groups is 1. The molecule has 106 valence electrons. The number of ether oxygens (including phenoxy) is 1. The molecule has 0 aliphatic rings. The average molecular weight is 276 g/mol. The second-order valence-corrected chi connectivity index (χ2v) is 4.53. The van der Waals surface area contributed by atoms with Gasteiger partial charge in [0.1, 0.15) is 5.75 Å². The van der Waals surface area contributed by atoms with Gasteiger partial charge in [-0.1, -0.05) is 12.1 Å². The molecule has 0 radical (unpaired) electrons. The Labute approximate surface area is 115 Å². The van der Waals surface area contributed by atoms with Crippen LogP contribution < -0.4 is 16.0 Å². The summed E-state index contributed by atoms with van der Waals surface area (Å²) in [6, 6.07) is 7.17. The van der Waals surface area contributed by atoms with Crippen LogP contribution in [0.25, 0.3) is 0 Å². The van der Waals surface area contributed by atoms with Crippen molar-refractivity contribution in [2.45, 2.75) is 6.42 Å². The third-order valence-electron chi connectivity index (χ3n) is 3.26. The lowest BCUT2D eigenvalue weighted by Gasteiger charge is -2.10. The molecule has 0 bridgehead atoms. The van der Waals surface area contributed by atoms with Crippen molar-refractivity contribution in [2.75, 3.05) is 7.11 Å². The van der Waals surface area contributed by atoms with E-state index in [-0.39, 0.29) is 17.9 Å². The fraction of sp³-hybridized carbons (Fsp3) is 0.286. The molecule has 0 fully saturated rings. The molecule has 1 N–H and O–H groups in total. The topological polar surface area (TPSA) is 73.5 Å². The van der Waals surface area contributed by atoms with Crippen molar-refractivity contribution in [1.29, 1.82) is 0 Å². The van der Waals surface area contributed by atoms with Gasteiger partial charge in [0.15, 0.2) is 0 Å². The highest BCUT2D eigenvalue weighted by atomic mass is 16.5. The van der Waals surface area contributed by atoms with Crippen molar-refractivity contribution in [1.82, 2.24) is 9.13 Å². The van der Waals surface area contributed by atoms with E-state index >= 15 is 0 Å². The third-order valence-corrected chi connectivity index (χ3v) is 3.26. The van der Waals surface area contributed by atoms with E-state index in [0.29, 0.717) is 5.75 Å². The van der Waals surface area contributed by atoms with Gasteiger partial charge in [-0.25, -0.2) is 4.79 Å². The first-order valence-corrected chi connectivity index (χ1v) is 6.06. The fourth-order valence-corrected chi connectivity index (χ4v) is 2.01. The quantitative estimate of drug-likeness (QED) is 0.880. The minimum absolute atomic E-state index is 0.194. The minimum Gasteiger partial charge on any atom is -0.497 e. The lowest BCUT2D eigenvalue weighted by atomic mass is 10.1. The van der Waals surface area contributed by atoms with Gasteiger partial charge in [0.05, 0.1) is 12.7 Å². The Hall–Kier alpha value is -2.50. The Morgan fingerprint density at radius 1 is 1.10 bits per heavy atom. The third kappa shape index (κ3) is 2.32. The van der Waals surface area contributed by atoms with E-state index in [9.17, 15) is 14.7 Å². The number of rotatable bonds is 3. The molecular formula is C14H16N2O4. The van der Waals surface area contributed by atoms with Crippen molar-refractivity contribution in [3.8, 4) is 11.6 Å². The first-order chi connectivity index (χ1) is 9.45. The van der Waals surface area contributed by atoms with E-state index in [4.69, 9.17) is 4.74 Å². The Balaban J connectivity index is 2.48. The molecule has 0 unspecified atom stereocenters. The van der Waals surface area contributed by atoms with Crippen LogP contribution in [0.15, 0.2) is 33.9 Å². The van der Waals surface area contributed by atoms with Gasteiger partial charge in [-0.15, -0.1) is 0 Å². The standard InChI is InChI=1S/C14H16N2O4/c1-15-12(17)11(13(18)16(2)14(15)19)8-9-4-6-10(20-3)7-5-9/h4-7,17H,8H2,1-3H3. The number of nitrogens with zero attached hydrogens (tertiary/aromatic N) is 2. The number of methoxy groups -OCH3 is 1. The normalized spacial score (nSPS) is 10.6. The Kier molecular flexibility index (Phi) is 3.65. The summed E-state index contributed by atoms with van der Waals surface area (Å²) in [7, 11) is 4.39. The van der Waals surface area contributed by atoms with E-state index in [1.54, 1.807) is 19.2 Å². The van der Waals surface area contributed by atoms with Crippen LogP contribution in [0.1, 0.15) is 11.1 Å². The van der Waals surface area contributed by atoms with Gasteiger partial charge in [0, 0.05) is 20.5 Å². The molecule has 0 atom stereocenters. The number of aromatic nitrogens is 2. The highest BCUT2D eigenvalue weighted by molar-refractivity contribution is 5.33. The maximum Gasteiger partial charge on any atom is 0.333 e. The maximum absolute atomic E-state index is 12.1. The Morgan fingerprint density at radius 3 is 2.25 bits per heavy atom. The van der Waals surface area contributed by atoms with Crippen LogP contribution in [-0.2, 0) is 20.5 Å². The van der Waals surface area contributed by atoms with Crippen LogP contribution in [0.2, 0.25) is 0 Å². The van der Waals surface area contributed by atoms with Crippen LogP contribution in [0, 0.1) is 0 Å². The summed E-state index contributed by atoms with van der Waals surface area (Å²) in [6.45, 7) is 0. The molecule has 0 saturated carbocycles. The summed E-state index contributed by atoms with van der Waals surface area (Å²) in [5.41, 5.74) is 0.00372. The van der Waals surface area contributed by atoms with E-state index in [0.717, 1.165) is 14.7 Å². The van der Waals surface area contributed by atoms with Crippen LogP contribution in [-0.4, -0.2) is 21.4 Å². The van der Waals surface area contributed by atoms with Crippen LogP contribution in [0.5, 0.6) is 11.6 Å². The van der Waals surface area contributed by atoms with Gasteiger partial charge in [-0.2, -0.15) is 0 Å². The van der Waals surface area contributed by atoms with Crippen molar-refractivity contribution >= 4 is 0 Å². The lowest BCUT2D eigenvalue weighted by Crippen LogP contribution is -2.38. The zero-order valence-corrected chi connectivity index (χ0v) is 11.6. The summed E-state index contributed by atoms with van der Waals surface area (Å²) < 4.78 is 7.10. The van der Waals surface area contributed by atoms with Gasteiger partial charge >= 0.3 is 5.69 Å². The second-order valence-electron chi connectivity index (χ2n) is 4.53. The van der Waals surface area contributed by atoms with Crippen molar-refractivity contribution in [3.05, 3.63) is 56.2 Å². The van der Waals surface area contributed by atoms with Gasteiger partial charge in [-0.05, 0) is 17.7 Å². The van der Waals surface area contributed by atoms with E-state index in [2.05, 4.69) is 0 Å². The number of hydrogen-bond acceptors (Lipinski definition) is 4. The molecular weight excluding hydrogens is 260 g/mol. The zero-order valence-electron chi connectivity index (χ0n) is 11.6. The molecule has 0 aliphatic carbocycles. The summed E-state index contributed by atoms with van der Waals surface area (Å²) in [6.07, 6.45) is 0.247. The molecule has 0 saturated heterocycles. The fourth-order valence-electron chi connectivity index (χ4n) is 2.01. The average Bonchev–Trinajstić information content (AvgIpc) is 2.48. The SMILES string of the molecule is COc1ccc(Cc2c(O)n(C)c(=O)n(C)c2=O)cc1. The number of hydrogen-bond donors (Lipinski definition) is 1. The maximum atomic E-state index is 12.1. The molecule has 6 heteroatoms. The van der Waals surface area contributed by atoms with Crippen molar-refractivity contribution in [2.24, 2.45) is 14.1 Å². The summed E-state index contributed by atoms with van der Waals surface area (Å²) in [4.78, 5) is 23.7. The van der Waals surface area contributed by atoms with E-state index < -0.39 is 11.2 Å². The molecule has 1 heterocycles. The molecule has 2 rings (SSSR count). The first kappa shape index (κ1) is 13.9. The predicted octanol–water partition coefficient (Wildman–Crippen LogP) is 0.389. The highest BCUT2D eigenvalue weighted by Crippen LogP contribution is 2.17. The minimum atomic E-state index is -0.550. The molecule has 0 amide bonds. The molecule has 0 aliphatic heterocycles. The molecule has 1 aromatic carbocycles. The Bertz CT molecular complexity index is 741. The van der Waals surface area contributed by atoms with Gasteiger partial charge in [0.2, 0.25) is 5.88 Å². The Morgan fingerprint density at radius 2 is 1.70 bits per heavy atom. The monoisotopic (exact) mass is 276 g/mol. The molecule has 2 aromatic rings. The van der Waals surface area contributed by atoms with Crippen LogP contribution in [0.4, 0.5) is 0 Å². The summed E-state index contributed by atoms with van der Waals surface area (Å²) >= 11 is 0. The van der Waals surface area contributed by atoms with Crippen molar-refractivity contribution < 1.29 is 9.84 Å². The first-order valence-electron chi connectivity index (χ1n) is 6.06. The van der Waals surface area contributed by atoms with E-state index in [1.165, 1.54) is 14.1 Å². The van der Waals surface area contributed by atoms with Gasteiger partial charge < -0.3 is 9.84 Å².